The number of hydrogen-bond acceptors (Lipinski definition) is 4. The molecule has 2 aromatic rings. The number of rotatable bonds is 6. The van der Waals surface area contributed by atoms with E-state index >= 15 is 0 Å². The summed E-state index contributed by atoms with van der Waals surface area (Å²) in [5, 5.41) is 10.1. The molecule has 172 valence electrons. The number of benzene rings is 2. The molecule has 5 nitrogen and oxygen atoms in total. The number of halogens is 2. The Morgan fingerprint density at radius 2 is 1.81 bits per heavy atom. The standard InChI is InChI=1S/C25H30ClFN2O3/c1-17-14-19(26)2-5-24(17)32-21-8-10-28(11-9-21)16-18-6-12-29(13-7-18)23-4-3-20(27)15-22(23)25(30)31/h2-5,14-15,18,21H,6-13,16H2,1H3,(H,30,31). The van der Waals surface area contributed by atoms with Crippen molar-refractivity contribution in [1.82, 2.24) is 4.90 Å². The molecule has 0 saturated carbocycles. The van der Waals surface area contributed by atoms with Gasteiger partial charge in [0.2, 0.25) is 0 Å². The number of hydrogen-bond donors (Lipinski definition) is 1. The average molecular weight is 461 g/mol. The van der Waals surface area contributed by atoms with Crippen LogP contribution in [0.1, 0.15) is 41.6 Å². The molecule has 2 aliphatic heterocycles. The largest absolute Gasteiger partial charge is 0.490 e. The van der Waals surface area contributed by atoms with Gasteiger partial charge in [-0.25, -0.2) is 9.18 Å². The summed E-state index contributed by atoms with van der Waals surface area (Å²) in [6, 6.07) is 9.80. The summed E-state index contributed by atoms with van der Waals surface area (Å²) in [6.07, 6.45) is 4.28. The van der Waals surface area contributed by atoms with E-state index in [2.05, 4.69) is 9.80 Å². The van der Waals surface area contributed by atoms with Gasteiger partial charge in [0.1, 0.15) is 17.7 Å². The van der Waals surface area contributed by atoms with Gasteiger partial charge in [-0.15, -0.1) is 0 Å². The average Bonchev–Trinajstić information content (AvgIpc) is 2.77. The number of nitrogens with zero attached hydrogens (tertiary/aromatic N) is 2. The Kier molecular flexibility index (Phi) is 7.21. The molecule has 0 spiro atoms. The van der Waals surface area contributed by atoms with Gasteiger partial charge in [-0.05, 0) is 80.5 Å². The Labute approximate surface area is 193 Å². The molecule has 0 bridgehead atoms. The fraction of sp³-hybridized carbons (Fsp3) is 0.480. The van der Waals surface area contributed by atoms with E-state index in [0.717, 1.165) is 80.8 Å². The van der Waals surface area contributed by atoms with Gasteiger partial charge >= 0.3 is 5.97 Å². The summed E-state index contributed by atoms with van der Waals surface area (Å²) in [6.45, 7) is 6.74. The van der Waals surface area contributed by atoms with Gasteiger partial charge in [0.15, 0.2) is 0 Å². The second-order valence-electron chi connectivity index (χ2n) is 8.92. The van der Waals surface area contributed by atoms with Crippen molar-refractivity contribution in [2.75, 3.05) is 37.6 Å². The lowest BCUT2D eigenvalue weighted by atomic mass is 9.94. The van der Waals surface area contributed by atoms with E-state index in [1.165, 1.54) is 6.07 Å². The van der Waals surface area contributed by atoms with Crippen LogP contribution in [-0.4, -0.2) is 54.8 Å². The summed E-state index contributed by atoms with van der Waals surface area (Å²) in [5.74, 6) is -0.0853. The van der Waals surface area contributed by atoms with E-state index < -0.39 is 11.8 Å². The maximum Gasteiger partial charge on any atom is 0.337 e. The molecule has 2 aliphatic rings. The zero-order valence-electron chi connectivity index (χ0n) is 18.4. The molecule has 0 amide bonds. The predicted octanol–water partition coefficient (Wildman–Crippen LogP) is 5.25. The van der Waals surface area contributed by atoms with Gasteiger partial charge in [-0.1, -0.05) is 11.6 Å². The fourth-order valence-electron chi connectivity index (χ4n) is 4.81. The molecule has 7 heteroatoms. The Hall–Kier alpha value is -2.31. The maximum absolute atomic E-state index is 13.5. The third-order valence-electron chi connectivity index (χ3n) is 6.63. The first-order chi connectivity index (χ1) is 15.4. The van der Waals surface area contributed by atoms with Crippen molar-refractivity contribution in [1.29, 1.82) is 0 Å². The minimum atomic E-state index is -1.08. The number of carbonyl (C=O) groups is 1. The van der Waals surface area contributed by atoms with Crippen LogP contribution in [-0.2, 0) is 0 Å². The Morgan fingerprint density at radius 1 is 1.09 bits per heavy atom. The number of carboxylic acid groups (broad SMARTS) is 1. The number of anilines is 1. The second kappa shape index (κ2) is 10.1. The van der Waals surface area contributed by atoms with Gasteiger partial charge in [0.05, 0.1) is 11.3 Å². The molecule has 0 radical (unpaired) electrons. The molecule has 1 N–H and O–H groups in total. The zero-order valence-corrected chi connectivity index (χ0v) is 19.2. The molecule has 4 rings (SSSR count). The molecular formula is C25H30ClFN2O3. The van der Waals surface area contributed by atoms with Gasteiger partial charge in [-0.2, -0.15) is 0 Å². The highest BCUT2D eigenvalue weighted by molar-refractivity contribution is 6.30. The van der Waals surface area contributed by atoms with Crippen molar-refractivity contribution < 1.29 is 19.0 Å². The number of carboxylic acids is 1. The van der Waals surface area contributed by atoms with Gasteiger partial charge < -0.3 is 19.6 Å². The number of likely N-dealkylation sites (tertiary alicyclic amines) is 1. The van der Waals surface area contributed by atoms with E-state index in [1.807, 2.05) is 25.1 Å². The van der Waals surface area contributed by atoms with Crippen LogP contribution in [0, 0.1) is 18.7 Å². The van der Waals surface area contributed by atoms with Crippen LogP contribution >= 0.6 is 11.6 Å². The van der Waals surface area contributed by atoms with Crippen molar-refractivity contribution in [3.05, 3.63) is 58.4 Å². The molecule has 2 saturated heterocycles. The third-order valence-corrected chi connectivity index (χ3v) is 6.86. The van der Waals surface area contributed by atoms with Crippen molar-refractivity contribution in [3.63, 3.8) is 0 Å². The highest BCUT2D eigenvalue weighted by Gasteiger charge is 2.27. The molecule has 2 aromatic carbocycles. The molecule has 0 unspecified atom stereocenters. The van der Waals surface area contributed by atoms with Crippen LogP contribution in [0.25, 0.3) is 0 Å². The molecule has 0 aromatic heterocycles. The molecule has 32 heavy (non-hydrogen) atoms. The monoisotopic (exact) mass is 460 g/mol. The quantitative estimate of drug-likeness (QED) is 0.638. The number of aromatic carboxylic acids is 1. The lowest BCUT2D eigenvalue weighted by molar-refractivity contribution is 0.0696. The van der Waals surface area contributed by atoms with Gasteiger partial charge in [0, 0.05) is 37.7 Å². The summed E-state index contributed by atoms with van der Waals surface area (Å²) < 4.78 is 19.7. The number of ether oxygens (including phenoxy) is 1. The predicted molar refractivity (Wildman–Crippen MR) is 125 cm³/mol. The normalized spacial score (nSPS) is 18.7. The minimum absolute atomic E-state index is 0.0430. The second-order valence-corrected chi connectivity index (χ2v) is 9.36. The van der Waals surface area contributed by atoms with Crippen molar-refractivity contribution in [2.45, 2.75) is 38.7 Å². The Morgan fingerprint density at radius 3 is 2.47 bits per heavy atom. The Bertz CT molecular complexity index is 954. The molecule has 2 fully saturated rings. The third kappa shape index (κ3) is 5.54. The molecule has 2 heterocycles. The molecular weight excluding hydrogens is 431 g/mol. The SMILES string of the molecule is Cc1cc(Cl)ccc1OC1CCN(CC2CCN(c3ccc(F)cc3C(=O)O)CC2)CC1. The smallest absolute Gasteiger partial charge is 0.337 e. The van der Waals surface area contributed by atoms with Crippen LogP contribution in [0.4, 0.5) is 10.1 Å². The van der Waals surface area contributed by atoms with Crippen LogP contribution < -0.4 is 9.64 Å². The first-order valence-electron chi connectivity index (χ1n) is 11.3. The van der Waals surface area contributed by atoms with E-state index in [0.29, 0.717) is 11.6 Å². The number of piperidine rings is 2. The summed E-state index contributed by atoms with van der Waals surface area (Å²) in [7, 11) is 0. The topological polar surface area (TPSA) is 53.0 Å². The van der Waals surface area contributed by atoms with E-state index in [4.69, 9.17) is 16.3 Å². The van der Waals surface area contributed by atoms with Crippen LogP contribution in [0.15, 0.2) is 36.4 Å². The van der Waals surface area contributed by atoms with Gasteiger partial charge in [0.25, 0.3) is 0 Å². The van der Waals surface area contributed by atoms with E-state index in [1.54, 1.807) is 6.07 Å². The van der Waals surface area contributed by atoms with E-state index in [-0.39, 0.29) is 11.7 Å². The fourth-order valence-corrected chi connectivity index (χ4v) is 5.04. The highest BCUT2D eigenvalue weighted by Crippen LogP contribution is 2.29. The van der Waals surface area contributed by atoms with Crippen LogP contribution in [0.5, 0.6) is 5.75 Å². The van der Waals surface area contributed by atoms with Crippen molar-refractivity contribution in [2.24, 2.45) is 5.92 Å². The summed E-state index contributed by atoms with van der Waals surface area (Å²) >= 11 is 6.04. The first-order valence-corrected chi connectivity index (χ1v) is 11.7. The van der Waals surface area contributed by atoms with E-state index in [9.17, 15) is 14.3 Å². The summed E-state index contributed by atoms with van der Waals surface area (Å²) in [5.41, 5.74) is 1.73. The van der Waals surface area contributed by atoms with Crippen LogP contribution in [0.2, 0.25) is 5.02 Å². The molecule has 0 aliphatic carbocycles. The minimum Gasteiger partial charge on any atom is -0.490 e. The zero-order chi connectivity index (χ0) is 22.7. The van der Waals surface area contributed by atoms with Crippen LogP contribution in [0.3, 0.4) is 0 Å². The van der Waals surface area contributed by atoms with Crippen molar-refractivity contribution in [3.8, 4) is 5.75 Å². The van der Waals surface area contributed by atoms with Crippen molar-refractivity contribution >= 4 is 23.3 Å². The first kappa shape index (κ1) is 22.9. The lowest BCUT2D eigenvalue weighted by Crippen LogP contribution is -2.43. The molecule has 0 atom stereocenters. The Balaban J connectivity index is 1.24. The maximum atomic E-state index is 13.5. The number of aryl methyl sites for hydroxylation is 1. The summed E-state index contributed by atoms with van der Waals surface area (Å²) in [4.78, 5) is 16.1. The van der Waals surface area contributed by atoms with Gasteiger partial charge in [-0.3, -0.25) is 0 Å². The lowest BCUT2D eigenvalue weighted by Gasteiger charge is -2.38. The highest BCUT2D eigenvalue weighted by atomic mass is 35.5.